The van der Waals surface area contributed by atoms with Gasteiger partial charge in [0.05, 0.1) is 24.4 Å². The van der Waals surface area contributed by atoms with Crippen LogP contribution in [-0.4, -0.2) is 17.5 Å². The van der Waals surface area contributed by atoms with Crippen LogP contribution in [0.25, 0.3) is 0 Å². The number of hydrogen-bond acceptors (Lipinski definition) is 3. The number of hydrogen-bond donors (Lipinski definition) is 0. The van der Waals surface area contributed by atoms with Gasteiger partial charge in [0.1, 0.15) is 5.75 Å². The van der Waals surface area contributed by atoms with Crippen LogP contribution < -0.4 is 9.64 Å². The number of rotatable bonds is 4. The van der Waals surface area contributed by atoms with Gasteiger partial charge in [-0.25, -0.2) is 0 Å². The van der Waals surface area contributed by atoms with Gasteiger partial charge in [0.2, 0.25) is 0 Å². The van der Waals surface area contributed by atoms with Gasteiger partial charge in [-0.1, -0.05) is 36.4 Å². The number of anilines is 1. The second kappa shape index (κ2) is 7.00. The molecule has 0 fully saturated rings. The molecule has 1 aliphatic heterocycles. The summed E-state index contributed by atoms with van der Waals surface area (Å²) in [5.74, 6) is 0.654. The van der Waals surface area contributed by atoms with Gasteiger partial charge < -0.3 is 9.64 Å². The third-order valence-corrected chi connectivity index (χ3v) is 4.64. The third-order valence-electron chi connectivity index (χ3n) is 4.64. The van der Waals surface area contributed by atoms with Crippen molar-refractivity contribution in [1.29, 1.82) is 0 Å². The smallest absolute Gasteiger partial charge is 0.262 e. The van der Waals surface area contributed by atoms with Crippen LogP contribution in [-0.2, 0) is 13.0 Å². The van der Waals surface area contributed by atoms with Gasteiger partial charge in [0.25, 0.3) is 5.91 Å². The first-order valence-electron chi connectivity index (χ1n) is 8.76. The van der Waals surface area contributed by atoms with Crippen molar-refractivity contribution in [1.82, 2.24) is 4.98 Å². The summed E-state index contributed by atoms with van der Waals surface area (Å²) in [4.78, 5) is 19.7. The SMILES string of the molecule is Cc1ccccc1N(Cc1ccccn1)C(=O)c1cccc2c1OCC2. The summed E-state index contributed by atoms with van der Waals surface area (Å²) >= 11 is 0. The van der Waals surface area contributed by atoms with E-state index in [4.69, 9.17) is 4.74 Å². The number of amides is 1. The van der Waals surface area contributed by atoms with Crippen molar-refractivity contribution in [2.45, 2.75) is 19.9 Å². The van der Waals surface area contributed by atoms with Crippen LogP contribution in [0.15, 0.2) is 66.9 Å². The number of aromatic nitrogens is 1. The monoisotopic (exact) mass is 344 g/mol. The largest absolute Gasteiger partial charge is 0.492 e. The minimum absolute atomic E-state index is 0.0660. The van der Waals surface area contributed by atoms with Crippen LogP contribution in [0.3, 0.4) is 0 Å². The van der Waals surface area contributed by atoms with Crippen molar-refractivity contribution < 1.29 is 9.53 Å². The summed E-state index contributed by atoms with van der Waals surface area (Å²) in [5.41, 5.74) is 4.49. The number of aryl methyl sites for hydroxylation is 1. The highest BCUT2D eigenvalue weighted by Crippen LogP contribution is 2.32. The first-order chi connectivity index (χ1) is 12.7. The lowest BCUT2D eigenvalue weighted by Crippen LogP contribution is -2.31. The normalized spacial score (nSPS) is 12.3. The second-order valence-electron chi connectivity index (χ2n) is 6.39. The molecule has 1 aliphatic rings. The lowest BCUT2D eigenvalue weighted by Gasteiger charge is -2.25. The number of fused-ring (bicyclic) bond motifs is 1. The first kappa shape index (κ1) is 16.3. The fourth-order valence-corrected chi connectivity index (χ4v) is 3.32. The number of carbonyl (C=O) groups excluding carboxylic acids is 1. The van der Waals surface area contributed by atoms with Gasteiger partial charge in [0, 0.05) is 18.3 Å². The van der Waals surface area contributed by atoms with Crippen molar-refractivity contribution >= 4 is 11.6 Å². The van der Waals surface area contributed by atoms with Gasteiger partial charge in [-0.05, 0) is 42.3 Å². The van der Waals surface area contributed by atoms with Crippen LogP contribution >= 0.6 is 0 Å². The van der Waals surface area contributed by atoms with Crippen molar-refractivity contribution in [3.8, 4) is 5.75 Å². The lowest BCUT2D eigenvalue weighted by atomic mass is 10.1. The summed E-state index contributed by atoms with van der Waals surface area (Å²) in [6.07, 6.45) is 2.60. The molecule has 2 heterocycles. The Morgan fingerprint density at radius 1 is 1.08 bits per heavy atom. The van der Waals surface area contributed by atoms with E-state index in [0.717, 1.165) is 34.7 Å². The second-order valence-corrected chi connectivity index (χ2v) is 6.39. The van der Waals surface area contributed by atoms with Crippen molar-refractivity contribution in [3.63, 3.8) is 0 Å². The zero-order chi connectivity index (χ0) is 17.9. The Kier molecular flexibility index (Phi) is 4.40. The molecular weight excluding hydrogens is 324 g/mol. The Morgan fingerprint density at radius 2 is 1.92 bits per heavy atom. The average molecular weight is 344 g/mol. The number of pyridine rings is 1. The molecule has 0 aliphatic carbocycles. The minimum atomic E-state index is -0.0660. The Morgan fingerprint density at radius 3 is 2.73 bits per heavy atom. The van der Waals surface area contributed by atoms with E-state index in [-0.39, 0.29) is 5.91 Å². The number of carbonyl (C=O) groups is 1. The van der Waals surface area contributed by atoms with E-state index >= 15 is 0 Å². The van der Waals surface area contributed by atoms with Crippen molar-refractivity contribution in [2.24, 2.45) is 0 Å². The molecule has 0 saturated carbocycles. The predicted molar refractivity (Wildman–Crippen MR) is 102 cm³/mol. The molecule has 26 heavy (non-hydrogen) atoms. The molecule has 2 aromatic carbocycles. The Bertz CT molecular complexity index is 938. The molecule has 0 atom stereocenters. The summed E-state index contributed by atoms with van der Waals surface area (Å²) in [6, 6.07) is 19.5. The van der Waals surface area contributed by atoms with Crippen LogP contribution in [0.1, 0.15) is 27.2 Å². The summed E-state index contributed by atoms with van der Waals surface area (Å²) in [6.45, 7) is 3.05. The van der Waals surface area contributed by atoms with Crippen LogP contribution in [0.5, 0.6) is 5.75 Å². The van der Waals surface area contributed by atoms with Crippen molar-refractivity contribution in [2.75, 3.05) is 11.5 Å². The number of benzene rings is 2. The molecule has 4 rings (SSSR count). The molecule has 0 radical (unpaired) electrons. The molecule has 130 valence electrons. The van der Waals surface area contributed by atoms with Crippen LogP contribution in [0.2, 0.25) is 0 Å². The topological polar surface area (TPSA) is 42.4 Å². The van der Waals surface area contributed by atoms with E-state index in [1.807, 2.05) is 67.6 Å². The van der Waals surface area contributed by atoms with Gasteiger partial charge in [-0.2, -0.15) is 0 Å². The Labute approximate surface area is 153 Å². The van der Waals surface area contributed by atoms with E-state index in [1.165, 1.54) is 0 Å². The standard InChI is InChI=1S/C22H20N2O2/c1-16-7-2-3-11-20(16)24(15-18-9-4-5-13-23-18)22(25)19-10-6-8-17-12-14-26-21(17)19/h2-11,13H,12,14-15H2,1H3. The summed E-state index contributed by atoms with van der Waals surface area (Å²) in [5, 5.41) is 0. The fourth-order valence-electron chi connectivity index (χ4n) is 3.32. The van der Waals surface area contributed by atoms with Crippen LogP contribution in [0.4, 0.5) is 5.69 Å². The molecule has 1 amide bonds. The van der Waals surface area contributed by atoms with Gasteiger partial charge in [0.15, 0.2) is 0 Å². The maximum absolute atomic E-state index is 13.5. The van der Waals surface area contributed by atoms with Crippen LogP contribution in [0, 0.1) is 6.92 Å². The average Bonchev–Trinajstić information content (AvgIpc) is 3.16. The molecule has 3 aromatic rings. The molecule has 0 N–H and O–H groups in total. The molecule has 0 spiro atoms. The first-order valence-corrected chi connectivity index (χ1v) is 8.76. The number of ether oxygens (including phenoxy) is 1. The van der Waals surface area contributed by atoms with E-state index < -0.39 is 0 Å². The minimum Gasteiger partial charge on any atom is -0.492 e. The molecule has 4 nitrogen and oxygen atoms in total. The van der Waals surface area contributed by atoms with E-state index in [2.05, 4.69) is 4.98 Å². The highest BCUT2D eigenvalue weighted by Gasteiger charge is 2.26. The molecule has 4 heteroatoms. The van der Waals surface area contributed by atoms with Gasteiger partial charge in [-0.15, -0.1) is 0 Å². The Hall–Kier alpha value is -3.14. The summed E-state index contributed by atoms with van der Waals surface area (Å²) in [7, 11) is 0. The molecule has 0 bridgehead atoms. The predicted octanol–water partition coefficient (Wildman–Crippen LogP) is 4.17. The zero-order valence-corrected chi connectivity index (χ0v) is 14.7. The third kappa shape index (κ3) is 3.06. The maximum atomic E-state index is 13.5. The lowest BCUT2D eigenvalue weighted by molar-refractivity contribution is 0.0981. The maximum Gasteiger partial charge on any atom is 0.262 e. The van der Waals surface area contributed by atoms with E-state index in [9.17, 15) is 4.79 Å². The molecule has 1 aromatic heterocycles. The Balaban J connectivity index is 1.77. The number of para-hydroxylation sites is 2. The highest BCUT2D eigenvalue weighted by molar-refractivity contribution is 6.08. The summed E-state index contributed by atoms with van der Waals surface area (Å²) < 4.78 is 5.75. The highest BCUT2D eigenvalue weighted by atomic mass is 16.5. The van der Waals surface area contributed by atoms with Gasteiger partial charge in [-0.3, -0.25) is 9.78 Å². The van der Waals surface area contributed by atoms with E-state index in [1.54, 1.807) is 11.1 Å². The van der Waals surface area contributed by atoms with Crippen molar-refractivity contribution in [3.05, 3.63) is 89.2 Å². The molecule has 0 saturated heterocycles. The van der Waals surface area contributed by atoms with Gasteiger partial charge >= 0.3 is 0 Å². The van der Waals surface area contributed by atoms with E-state index in [0.29, 0.717) is 18.7 Å². The number of nitrogens with zero attached hydrogens (tertiary/aromatic N) is 2. The zero-order valence-electron chi connectivity index (χ0n) is 14.7. The quantitative estimate of drug-likeness (QED) is 0.713. The fraction of sp³-hybridized carbons (Fsp3) is 0.182. The molecular formula is C22H20N2O2. The molecule has 0 unspecified atom stereocenters.